The van der Waals surface area contributed by atoms with Crippen LogP contribution >= 0.6 is 23.2 Å². The number of carbonyl (C=O) groups excluding carboxylic acids is 2. The smallest absolute Gasteiger partial charge is 0.242 e. The van der Waals surface area contributed by atoms with Gasteiger partial charge >= 0.3 is 0 Å². The van der Waals surface area contributed by atoms with Crippen molar-refractivity contribution in [3.63, 3.8) is 0 Å². The van der Waals surface area contributed by atoms with Crippen molar-refractivity contribution in [3.8, 4) is 0 Å². The molecule has 0 unspecified atom stereocenters. The lowest BCUT2D eigenvalue weighted by Crippen LogP contribution is -2.47. The highest BCUT2D eigenvalue weighted by Gasteiger charge is 2.27. The molecular weight excluding hydrogens is 497 g/mol. The Hall–Kier alpha value is -2.29. The van der Waals surface area contributed by atoms with Gasteiger partial charge in [0.15, 0.2) is 0 Å². The molecule has 2 rings (SSSR count). The molecule has 1 atom stereocenters. The second-order valence-electron chi connectivity index (χ2n) is 8.05. The number of hydrogen-bond acceptors (Lipinski definition) is 4. The quantitative estimate of drug-likeness (QED) is 0.469. The molecule has 0 aliphatic rings. The molecule has 2 amide bonds. The molecule has 186 valence electrons. The van der Waals surface area contributed by atoms with Gasteiger partial charge in [-0.3, -0.25) is 13.9 Å². The fourth-order valence-electron chi connectivity index (χ4n) is 3.55. The molecule has 2 aromatic carbocycles. The van der Waals surface area contributed by atoms with Gasteiger partial charge in [-0.05, 0) is 56.5 Å². The summed E-state index contributed by atoms with van der Waals surface area (Å²) in [4.78, 5) is 27.2. The third-order valence-electron chi connectivity index (χ3n) is 5.41. The summed E-state index contributed by atoms with van der Waals surface area (Å²) in [5.74, 6) is -0.537. The SMILES string of the molecule is CCNC(=O)[C@H](C)N(Cc1ccccc1Cl)C(=O)CCCN(c1cc(Cl)ccc1C)S(C)(=O)=O. The molecule has 0 spiro atoms. The number of rotatable bonds is 11. The van der Waals surface area contributed by atoms with Gasteiger partial charge in [0.25, 0.3) is 0 Å². The van der Waals surface area contributed by atoms with Crippen molar-refractivity contribution in [3.05, 3.63) is 63.6 Å². The summed E-state index contributed by atoms with van der Waals surface area (Å²) in [7, 11) is -3.60. The fourth-order valence-corrected chi connectivity index (χ4v) is 4.92. The zero-order valence-electron chi connectivity index (χ0n) is 19.8. The van der Waals surface area contributed by atoms with Crippen molar-refractivity contribution in [2.75, 3.05) is 23.7 Å². The summed E-state index contributed by atoms with van der Waals surface area (Å²) in [5, 5.41) is 3.67. The average molecular weight is 529 g/mol. The van der Waals surface area contributed by atoms with Crippen LogP contribution in [0.4, 0.5) is 5.69 Å². The van der Waals surface area contributed by atoms with Crippen molar-refractivity contribution in [1.29, 1.82) is 0 Å². The maximum atomic E-state index is 13.2. The molecule has 2 aromatic rings. The molecular formula is C24H31Cl2N3O4S. The van der Waals surface area contributed by atoms with E-state index in [4.69, 9.17) is 23.2 Å². The van der Waals surface area contributed by atoms with E-state index in [9.17, 15) is 18.0 Å². The van der Waals surface area contributed by atoms with Gasteiger partial charge in [-0.2, -0.15) is 0 Å². The Morgan fingerprint density at radius 3 is 2.41 bits per heavy atom. The number of hydrogen-bond donors (Lipinski definition) is 1. The molecule has 0 radical (unpaired) electrons. The molecule has 0 saturated heterocycles. The lowest BCUT2D eigenvalue weighted by molar-refractivity contribution is -0.140. The zero-order valence-corrected chi connectivity index (χ0v) is 22.2. The highest BCUT2D eigenvalue weighted by atomic mass is 35.5. The zero-order chi connectivity index (χ0) is 25.5. The number of carbonyl (C=O) groups is 2. The van der Waals surface area contributed by atoms with E-state index in [0.29, 0.717) is 22.3 Å². The molecule has 10 heteroatoms. The second-order valence-corrected chi connectivity index (χ2v) is 10.8. The number of sulfonamides is 1. The van der Waals surface area contributed by atoms with Crippen LogP contribution in [0.25, 0.3) is 0 Å². The molecule has 34 heavy (non-hydrogen) atoms. The van der Waals surface area contributed by atoms with Crippen molar-refractivity contribution in [1.82, 2.24) is 10.2 Å². The summed E-state index contributed by atoms with van der Waals surface area (Å²) in [6.07, 6.45) is 1.44. The van der Waals surface area contributed by atoms with Crippen LogP contribution in [0.2, 0.25) is 10.0 Å². The van der Waals surface area contributed by atoms with Gasteiger partial charge in [-0.15, -0.1) is 0 Å². The molecule has 0 heterocycles. The molecule has 0 fully saturated rings. The number of aryl methyl sites for hydroxylation is 1. The highest BCUT2D eigenvalue weighted by Crippen LogP contribution is 2.27. The molecule has 0 aliphatic heterocycles. The second kappa shape index (κ2) is 12.4. The van der Waals surface area contributed by atoms with Crippen LogP contribution in [-0.2, 0) is 26.2 Å². The molecule has 1 N–H and O–H groups in total. The maximum absolute atomic E-state index is 13.2. The van der Waals surface area contributed by atoms with Crippen LogP contribution in [0.15, 0.2) is 42.5 Å². The van der Waals surface area contributed by atoms with Gasteiger partial charge in [0.2, 0.25) is 21.8 Å². The fraction of sp³-hybridized carbons (Fsp3) is 0.417. The first-order valence-corrected chi connectivity index (χ1v) is 13.6. The van der Waals surface area contributed by atoms with Crippen LogP contribution in [0.1, 0.15) is 37.8 Å². The Balaban J connectivity index is 2.20. The first-order chi connectivity index (χ1) is 16.0. The highest BCUT2D eigenvalue weighted by molar-refractivity contribution is 7.92. The number of likely N-dealkylation sites (N-methyl/N-ethyl adjacent to an activating group) is 1. The normalized spacial score (nSPS) is 12.2. The lowest BCUT2D eigenvalue weighted by Gasteiger charge is -2.30. The van der Waals surface area contributed by atoms with E-state index >= 15 is 0 Å². The van der Waals surface area contributed by atoms with Crippen molar-refractivity contribution in [2.45, 2.75) is 46.2 Å². The van der Waals surface area contributed by atoms with E-state index in [1.54, 1.807) is 50.2 Å². The summed E-state index contributed by atoms with van der Waals surface area (Å²) in [6, 6.07) is 11.5. The topological polar surface area (TPSA) is 86.8 Å². The van der Waals surface area contributed by atoms with Crippen LogP contribution in [0.3, 0.4) is 0 Å². The molecule has 0 aliphatic carbocycles. The van der Waals surface area contributed by atoms with Gasteiger partial charge in [-0.25, -0.2) is 8.42 Å². The minimum atomic E-state index is -3.60. The van der Waals surface area contributed by atoms with E-state index in [0.717, 1.165) is 17.4 Å². The summed E-state index contributed by atoms with van der Waals surface area (Å²) in [5.41, 5.74) is 1.96. The standard InChI is InChI=1S/C24H31Cl2N3O4S/c1-5-27-24(31)18(3)28(16-19-9-6-7-10-21(19)26)23(30)11-8-14-29(34(4,32)33)22-15-20(25)13-12-17(22)2/h6-7,9-10,12-13,15,18H,5,8,11,14,16H2,1-4H3,(H,27,31)/t18-/m0/s1. The number of anilines is 1. The lowest BCUT2D eigenvalue weighted by atomic mass is 10.1. The number of benzene rings is 2. The third kappa shape index (κ3) is 7.61. The Bertz CT molecular complexity index is 1120. The Kier molecular flexibility index (Phi) is 10.2. The van der Waals surface area contributed by atoms with Gasteiger partial charge in [-0.1, -0.05) is 47.5 Å². The molecule has 0 bridgehead atoms. The van der Waals surface area contributed by atoms with E-state index in [-0.39, 0.29) is 37.7 Å². The maximum Gasteiger partial charge on any atom is 0.242 e. The first-order valence-electron chi connectivity index (χ1n) is 11.0. The van der Waals surface area contributed by atoms with Gasteiger partial charge in [0, 0.05) is 36.1 Å². The summed E-state index contributed by atoms with van der Waals surface area (Å²) < 4.78 is 26.2. The van der Waals surface area contributed by atoms with Gasteiger partial charge in [0.05, 0.1) is 11.9 Å². The van der Waals surface area contributed by atoms with Gasteiger partial charge < -0.3 is 10.2 Å². The third-order valence-corrected chi connectivity index (χ3v) is 7.19. The Morgan fingerprint density at radius 1 is 1.12 bits per heavy atom. The van der Waals surface area contributed by atoms with Crippen LogP contribution in [0, 0.1) is 6.92 Å². The van der Waals surface area contributed by atoms with Crippen LogP contribution < -0.4 is 9.62 Å². The number of amides is 2. The molecule has 0 aromatic heterocycles. The largest absolute Gasteiger partial charge is 0.355 e. The molecule has 0 saturated carbocycles. The Morgan fingerprint density at radius 2 is 1.79 bits per heavy atom. The Labute approximate surface area is 212 Å². The van der Waals surface area contributed by atoms with Crippen molar-refractivity contribution in [2.24, 2.45) is 0 Å². The van der Waals surface area contributed by atoms with Crippen molar-refractivity contribution >= 4 is 50.7 Å². The van der Waals surface area contributed by atoms with E-state index in [1.807, 2.05) is 13.0 Å². The first kappa shape index (κ1) is 28.0. The molecule has 7 nitrogen and oxygen atoms in total. The summed E-state index contributed by atoms with van der Waals surface area (Å²) >= 11 is 12.4. The van der Waals surface area contributed by atoms with Crippen molar-refractivity contribution < 1.29 is 18.0 Å². The minimum Gasteiger partial charge on any atom is -0.355 e. The minimum absolute atomic E-state index is 0.0554. The van der Waals surface area contributed by atoms with E-state index < -0.39 is 16.1 Å². The van der Waals surface area contributed by atoms with E-state index in [1.165, 1.54) is 9.21 Å². The van der Waals surface area contributed by atoms with Crippen LogP contribution in [0.5, 0.6) is 0 Å². The average Bonchev–Trinajstić information content (AvgIpc) is 2.76. The predicted molar refractivity (Wildman–Crippen MR) is 138 cm³/mol. The number of nitrogens with zero attached hydrogens (tertiary/aromatic N) is 2. The van der Waals surface area contributed by atoms with E-state index in [2.05, 4.69) is 5.32 Å². The monoisotopic (exact) mass is 527 g/mol. The predicted octanol–water partition coefficient (Wildman–Crippen LogP) is 4.40. The van der Waals surface area contributed by atoms with Gasteiger partial charge in [0.1, 0.15) is 6.04 Å². The number of halogens is 2. The van der Waals surface area contributed by atoms with Crippen LogP contribution in [-0.4, -0.2) is 50.5 Å². The summed E-state index contributed by atoms with van der Waals surface area (Å²) in [6.45, 7) is 5.98. The number of nitrogens with one attached hydrogen (secondary N) is 1.